The highest BCUT2D eigenvalue weighted by atomic mass is 35.6. The van der Waals surface area contributed by atoms with Crippen LogP contribution in [0.3, 0.4) is 0 Å². The maximum atomic E-state index is 15.9. The number of aliphatic hydroxyl groups is 1. The second-order valence-electron chi connectivity index (χ2n) is 39.3. The molecule has 2 heterocycles. The van der Waals surface area contributed by atoms with E-state index in [1.54, 1.807) is 48.5 Å². The Morgan fingerprint density at radius 1 is 0.403 bits per heavy atom. The summed E-state index contributed by atoms with van der Waals surface area (Å²) in [5, 5.41) is 19.0. The highest BCUT2D eigenvalue weighted by Gasteiger charge is 2.55. The first-order chi connectivity index (χ1) is 68.0. The van der Waals surface area contributed by atoms with Gasteiger partial charge in [-0.1, -0.05) is 543 Å². The van der Waals surface area contributed by atoms with Crippen LogP contribution in [0.5, 0.6) is 0 Å². The van der Waals surface area contributed by atoms with Crippen molar-refractivity contribution in [2.45, 2.75) is 516 Å². The number of ether oxygens (including phenoxy) is 9. The summed E-state index contributed by atoms with van der Waals surface area (Å²) in [7, 11) is -4.88. The number of hydrogen-bond acceptors (Lipinski definition) is 18. The molecule has 0 bridgehead atoms. The predicted octanol–water partition coefficient (Wildman–Crippen LogP) is 31.8. The number of amides is 2. The van der Waals surface area contributed by atoms with E-state index in [0.29, 0.717) is 30.4 Å². The van der Waals surface area contributed by atoms with E-state index in [4.69, 9.17) is 91.0 Å². The summed E-state index contributed by atoms with van der Waals surface area (Å²) in [5.41, 5.74) is 3.00. The number of rotatable bonds is 89. The third-order valence-corrected chi connectivity index (χ3v) is 28.6. The summed E-state index contributed by atoms with van der Waals surface area (Å²) < 4.78 is 92.1. The molecular formula is C115H186Cl3N2O18P. The minimum atomic E-state index is -4.88. The SMILES string of the molecule is C=CCO[C@H]1O[C@H](CO[C@@H]2O[C@H](COCc3ccccc3)[C@@H](OP(=O)(OCc3ccccc3)OCc3ccccc3)[C@H](OC(=O)CCCCCCCCCCCCCCCCCCCC)[C@H]2NC(=O)OCC(Cl)(Cl)Cl)[C@@H](O)[C@H](OC(=O)CCCCCCCCCCCCCCCCCCCC)[C@H]1NC(=O)C[C@@H](CCCCCCCCCCCCCCCCCCCCCCCC)OCc1ccccc1. The fourth-order valence-electron chi connectivity index (χ4n) is 18.6. The van der Waals surface area contributed by atoms with Crippen LogP contribution in [0.25, 0.3) is 0 Å². The topological polar surface area (TPSA) is 240 Å². The van der Waals surface area contributed by atoms with Crippen molar-refractivity contribution in [1.29, 1.82) is 0 Å². The zero-order valence-electron chi connectivity index (χ0n) is 86.1. The van der Waals surface area contributed by atoms with E-state index in [9.17, 15) is 19.5 Å². The molecule has 24 heteroatoms. The van der Waals surface area contributed by atoms with E-state index in [2.05, 4.69) is 38.0 Å². The molecule has 0 saturated carbocycles. The second-order valence-corrected chi connectivity index (χ2v) is 43.4. The van der Waals surface area contributed by atoms with E-state index >= 15 is 9.36 Å². The van der Waals surface area contributed by atoms with E-state index in [1.165, 1.54) is 282 Å². The Kier molecular flexibility index (Phi) is 71.6. The minimum absolute atomic E-state index is 0.0214. The number of alkyl carbamates (subject to hydrolysis) is 1. The molecule has 2 aliphatic rings. The molecule has 6 rings (SSSR count). The number of nitrogens with one attached hydrogen (secondary N) is 2. The van der Waals surface area contributed by atoms with Crippen LogP contribution < -0.4 is 10.6 Å². The number of carbonyl (C=O) groups is 4. The minimum Gasteiger partial charge on any atom is -0.457 e. The number of hydrogen-bond donors (Lipinski definition) is 3. The molecule has 0 unspecified atom stereocenters. The molecule has 4 aromatic rings. The molecule has 790 valence electrons. The number of phosphoric acid groups is 1. The van der Waals surface area contributed by atoms with Gasteiger partial charge in [0.1, 0.15) is 43.1 Å². The molecule has 0 aliphatic carbocycles. The smallest absolute Gasteiger partial charge is 0.457 e. The Hall–Kier alpha value is -5.00. The van der Waals surface area contributed by atoms with Crippen LogP contribution >= 0.6 is 42.6 Å². The lowest BCUT2D eigenvalue weighted by molar-refractivity contribution is -0.304. The quantitative estimate of drug-likeness (QED) is 0.00929. The fraction of sp³-hybridized carbons (Fsp3) is 0.739. The van der Waals surface area contributed by atoms with Gasteiger partial charge in [0.05, 0.1) is 58.8 Å². The summed E-state index contributed by atoms with van der Waals surface area (Å²) in [6.45, 7) is 8.71. The van der Waals surface area contributed by atoms with Crippen LogP contribution in [-0.4, -0.2) is 127 Å². The summed E-state index contributed by atoms with van der Waals surface area (Å²) in [6.07, 6.45) is 58.0. The Bertz CT molecular complexity index is 3630. The molecule has 2 saturated heterocycles. The van der Waals surface area contributed by atoms with E-state index < -0.39 is 116 Å². The van der Waals surface area contributed by atoms with Gasteiger partial charge in [0.2, 0.25) is 9.70 Å². The number of unbranched alkanes of at least 4 members (excludes halogenated alkanes) is 55. The molecule has 0 radical (unpaired) electrons. The Morgan fingerprint density at radius 3 is 1.09 bits per heavy atom. The Morgan fingerprint density at radius 2 is 0.727 bits per heavy atom. The first-order valence-corrected chi connectivity index (χ1v) is 58.0. The Labute approximate surface area is 855 Å². The molecule has 3 N–H and O–H groups in total. The van der Waals surface area contributed by atoms with E-state index in [1.807, 2.05) is 72.8 Å². The van der Waals surface area contributed by atoms with Crippen LogP contribution in [0, 0.1) is 0 Å². The molecular weight excluding hydrogens is 1830 g/mol. The zero-order chi connectivity index (χ0) is 99.2. The second kappa shape index (κ2) is 81.1. The van der Waals surface area contributed by atoms with Gasteiger partial charge in [0.15, 0.2) is 24.8 Å². The van der Waals surface area contributed by atoms with Crippen LogP contribution in [-0.2, 0) is 102 Å². The van der Waals surface area contributed by atoms with E-state index in [-0.39, 0.29) is 58.9 Å². The largest absolute Gasteiger partial charge is 0.475 e. The van der Waals surface area contributed by atoms with Crippen molar-refractivity contribution < 1.29 is 85.1 Å². The number of benzene rings is 4. The standard InChI is InChI=1S/C115H186Cl3N2O18P/c1-5-9-12-15-18-21-24-27-30-33-36-37-38-39-40-43-46-49-52-55-58-73-84-100(129-90-97-78-67-62-68-79-97)88-103(121)119-106-110(136-104(122)85-74-59-56-53-50-47-44-41-34-31-28-25-22-19-16-13-10-6-2)108(124)101(134-112(106)128-87-8-4)94-130-113-107(120-114(125)131-95-115(116,117)118)111(137-105(123)86-75-60-57-54-51-48-45-42-35-32-29-26-23-20-17-14-11-7-3)109(102(135-113)93-127-89-96-76-65-61-66-77-96)138-139(126,132-91-98-80-69-63-70-81-98)133-92-99-82-71-64-72-83-99/h8,61-72,76-83,100-102,106-113,124H,4-7,9-60,73-75,84-95H2,1-3H3,(H,119,121)(H,120,125)/t100-,101-,102-,106-,107-,108-,109-,110-,111-,112+,113-/m1/s1. The Balaban J connectivity index is 1.24. The zero-order valence-corrected chi connectivity index (χ0v) is 89.3. The number of carbonyl (C=O) groups excluding carboxylic acids is 4. The molecule has 2 amide bonds. The molecule has 139 heavy (non-hydrogen) atoms. The van der Waals surface area contributed by atoms with Crippen molar-refractivity contribution >= 4 is 66.6 Å². The van der Waals surface area contributed by atoms with Gasteiger partial charge in [0, 0.05) is 12.8 Å². The average molecular weight is 2020 g/mol. The highest BCUT2D eigenvalue weighted by Crippen LogP contribution is 2.54. The number of aliphatic hydroxyl groups excluding tert-OH is 1. The van der Waals surface area contributed by atoms with Crippen LogP contribution in [0.2, 0.25) is 0 Å². The summed E-state index contributed by atoms with van der Waals surface area (Å²) in [4.78, 5) is 59.3. The highest BCUT2D eigenvalue weighted by molar-refractivity contribution is 7.48. The van der Waals surface area contributed by atoms with Crippen molar-refractivity contribution in [3.63, 3.8) is 0 Å². The number of alkyl halides is 3. The van der Waals surface area contributed by atoms with Gasteiger partial charge in [0.25, 0.3) is 0 Å². The van der Waals surface area contributed by atoms with Crippen molar-refractivity contribution in [3.05, 3.63) is 156 Å². The molecule has 2 fully saturated rings. The van der Waals surface area contributed by atoms with Gasteiger partial charge in [-0.2, -0.15) is 0 Å². The molecule has 2 aliphatic heterocycles. The lowest BCUT2D eigenvalue weighted by Gasteiger charge is -2.47. The third kappa shape index (κ3) is 60.6. The van der Waals surface area contributed by atoms with Crippen molar-refractivity contribution in [2.75, 3.05) is 26.4 Å². The van der Waals surface area contributed by atoms with Gasteiger partial charge in [-0.05, 0) is 41.5 Å². The molecule has 11 atom stereocenters. The van der Waals surface area contributed by atoms with Gasteiger partial charge < -0.3 is 58.4 Å². The fourth-order valence-corrected chi connectivity index (χ4v) is 20.1. The molecule has 0 aromatic heterocycles. The molecule has 20 nitrogen and oxygen atoms in total. The van der Waals surface area contributed by atoms with E-state index in [0.717, 1.165) is 94.6 Å². The van der Waals surface area contributed by atoms with Gasteiger partial charge >= 0.3 is 25.9 Å². The summed E-state index contributed by atoms with van der Waals surface area (Å²) in [5.74, 6) is -1.77. The van der Waals surface area contributed by atoms with Crippen molar-refractivity contribution in [2.24, 2.45) is 0 Å². The monoisotopic (exact) mass is 2020 g/mol. The van der Waals surface area contributed by atoms with Crippen molar-refractivity contribution in [3.8, 4) is 0 Å². The van der Waals surface area contributed by atoms with Crippen molar-refractivity contribution in [1.82, 2.24) is 10.6 Å². The van der Waals surface area contributed by atoms with Crippen LogP contribution in [0.15, 0.2) is 134 Å². The summed E-state index contributed by atoms with van der Waals surface area (Å²) >= 11 is 18.7. The third-order valence-electron chi connectivity index (χ3n) is 26.8. The van der Waals surface area contributed by atoms with Crippen LogP contribution in [0.4, 0.5) is 4.79 Å². The van der Waals surface area contributed by atoms with Gasteiger partial charge in [-0.3, -0.25) is 28.0 Å². The van der Waals surface area contributed by atoms with Crippen LogP contribution in [0.1, 0.15) is 441 Å². The summed E-state index contributed by atoms with van der Waals surface area (Å²) in [6, 6.07) is 34.3. The first kappa shape index (κ1) is 123. The lowest BCUT2D eigenvalue weighted by Crippen LogP contribution is -2.68. The number of halogens is 3. The molecule has 4 aromatic carbocycles. The maximum absolute atomic E-state index is 15.9. The first-order valence-electron chi connectivity index (χ1n) is 55.4. The lowest BCUT2D eigenvalue weighted by atomic mass is 9.95. The molecule has 0 spiro atoms. The normalized spacial score (nSPS) is 18.6. The predicted molar refractivity (Wildman–Crippen MR) is 565 cm³/mol. The van der Waals surface area contributed by atoms with Gasteiger partial charge in [-0.15, -0.1) is 6.58 Å². The van der Waals surface area contributed by atoms with Gasteiger partial charge in [-0.25, -0.2) is 9.36 Å². The number of phosphoric ester groups is 1. The average Bonchev–Trinajstić information content (AvgIpc) is 0.779. The number of esters is 2. The maximum Gasteiger partial charge on any atom is 0.475 e.